The van der Waals surface area contributed by atoms with Gasteiger partial charge in [-0.15, -0.1) is 0 Å². The highest BCUT2D eigenvalue weighted by atomic mass is 19.4. The Bertz CT molecular complexity index is 855. The van der Waals surface area contributed by atoms with Crippen LogP contribution in [-0.2, 0) is 6.18 Å². The molecule has 0 amide bonds. The molecule has 0 saturated carbocycles. The number of nitrogens with zero attached hydrogens (tertiary/aromatic N) is 1. The largest absolute Gasteiger partial charge is 0.416 e. The smallest absolute Gasteiger partial charge is 0.384 e. The Morgan fingerprint density at radius 2 is 1.72 bits per heavy atom. The van der Waals surface area contributed by atoms with Crippen molar-refractivity contribution < 1.29 is 13.2 Å². The Morgan fingerprint density at radius 1 is 1.00 bits per heavy atom. The van der Waals surface area contributed by atoms with Gasteiger partial charge in [0.1, 0.15) is 0 Å². The zero-order valence-electron chi connectivity index (χ0n) is 13.9. The molecule has 1 heterocycles. The van der Waals surface area contributed by atoms with Gasteiger partial charge in [-0.25, -0.2) is 4.98 Å². The summed E-state index contributed by atoms with van der Waals surface area (Å²) >= 11 is 0. The Kier molecular flexibility index (Phi) is 4.93. The van der Waals surface area contributed by atoms with Gasteiger partial charge in [0.15, 0.2) is 0 Å². The van der Waals surface area contributed by atoms with Crippen LogP contribution in [0.3, 0.4) is 0 Å². The molecule has 5 heteroatoms. The van der Waals surface area contributed by atoms with E-state index in [9.17, 15) is 13.2 Å². The first kappa shape index (κ1) is 17.3. The molecule has 1 N–H and O–H groups in total. The minimum atomic E-state index is -4.33. The molecule has 0 unspecified atom stereocenters. The Labute approximate surface area is 144 Å². The highest BCUT2D eigenvalue weighted by molar-refractivity contribution is 5.93. The Hall–Kier alpha value is -2.56. The van der Waals surface area contributed by atoms with Crippen molar-refractivity contribution in [2.45, 2.75) is 25.9 Å². The number of benzene rings is 2. The van der Waals surface area contributed by atoms with Gasteiger partial charge < -0.3 is 5.32 Å². The van der Waals surface area contributed by atoms with E-state index in [2.05, 4.69) is 17.2 Å². The third-order valence-corrected chi connectivity index (χ3v) is 4.07. The maximum atomic E-state index is 12.7. The maximum Gasteiger partial charge on any atom is 0.416 e. The fourth-order valence-electron chi connectivity index (χ4n) is 2.70. The van der Waals surface area contributed by atoms with Crippen LogP contribution in [-0.4, -0.2) is 11.5 Å². The van der Waals surface area contributed by atoms with E-state index < -0.39 is 11.7 Å². The van der Waals surface area contributed by atoms with Crippen molar-refractivity contribution >= 4 is 16.6 Å². The van der Waals surface area contributed by atoms with Crippen LogP contribution in [0.25, 0.3) is 22.2 Å². The van der Waals surface area contributed by atoms with Crippen molar-refractivity contribution in [2.24, 2.45) is 0 Å². The second-order valence-electron chi connectivity index (χ2n) is 5.93. The van der Waals surface area contributed by atoms with Gasteiger partial charge in [0.05, 0.1) is 16.8 Å². The number of aromatic nitrogens is 1. The molecule has 0 aliphatic carbocycles. The fourth-order valence-corrected chi connectivity index (χ4v) is 2.70. The SMILES string of the molecule is CCCCNc1cc(-c2ccc(C(F)(F)F)cc2)nc2ccccc12. The molecule has 3 rings (SSSR count). The predicted octanol–water partition coefficient (Wildman–Crippen LogP) is 6.13. The molecule has 2 aromatic carbocycles. The minimum Gasteiger partial charge on any atom is -0.384 e. The third-order valence-electron chi connectivity index (χ3n) is 4.07. The van der Waals surface area contributed by atoms with Gasteiger partial charge in [-0.3, -0.25) is 0 Å². The number of fused-ring (bicyclic) bond motifs is 1. The fraction of sp³-hybridized carbons (Fsp3) is 0.250. The van der Waals surface area contributed by atoms with E-state index in [0.717, 1.165) is 48.1 Å². The number of alkyl halides is 3. The van der Waals surface area contributed by atoms with Crippen molar-refractivity contribution in [3.63, 3.8) is 0 Å². The maximum absolute atomic E-state index is 12.7. The molecule has 0 atom stereocenters. The highest BCUT2D eigenvalue weighted by Gasteiger charge is 2.30. The quantitative estimate of drug-likeness (QED) is 0.563. The Morgan fingerprint density at radius 3 is 2.40 bits per heavy atom. The van der Waals surface area contributed by atoms with Crippen LogP contribution in [0.4, 0.5) is 18.9 Å². The molecule has 0 aliphatic heterocycles. The summed E-state index contributed by atoms with van der Waals surface area (Å²) in [6, 6.07) is 14.8. The lowest BCUT2D eigenvalue weighted by Crippen LogP contribution is -2.04. The zero-order chi connectivity index (χ0) is 17.9. The number of nitrogens with one attached hydrogen (secondary N) is 1. The first-order valence-electron chi connectivity index (χ1n) is 8.30. The van der Waals surface area contributed by atoms with Crippen molar-refractivity contribution in [3.8, 4) is 11.3 Å². The minimum absolute atomic E-state index is 0.654. The second kappa shape index (κ2) is 7.13. The summed E-state index contributed by atoms with van der Waals surface area (Å²) in [5.41, 5.74) is 2.44. The lowest BCUT2D eigenvalue weighted by atomic mass is 10.1. The molecule has 0 fully saturated rings. The van der Waals surface area contributed by atoms with E-state index in [0.29, 0.717) is 11.3 Å². The third kappa shape index (κ3) is 3.92. The number of pyridine rings is 1. The number of hydrogen-bond donors (Lipinski definition) is 1. The Balaban J connectivity index is 2.01. The summed E-state index contributed by atoms with van der Waals surface area (Å²) < 4.78 is 38.2. The summed E-state index contributed by atoms with van der Waals surface area (Å²) in [6.45, 7) is 2.97. The van der Waals surface area contributed by atoms with E-state index in [4.69, 9.17) is 0 Å². The number of rotatable bonds is 5. The van der Waals surface area contributed by atoms with Gasteiger partial charge in [0.25, 0.3) is 0 Å². The molecule has 0 spiro atoms. The number of hydrogen-bond acceptors (Lipinski definition) is 2. The second-order valence-corrected chi connectivity index (χ2v) is 5.93. The van der Waals surface area contributed by atoms with E-state index in [1.807, 2.05) is 30.3 Å². The summed E-state index contributed by atoms with van der Waals surface area (Å²) in [5.74, 6) is 0. The monoisotopic (exact) mass is 344 g/mol. The normalized spacial score (nSPS) is 11.7. The molecule has 3 aromatic rings. The van der Waals surface area contributed by atoms with Gasteiger partial charge in [0.2, 0.25) is 0 Å². The number of unbranched alkanes of at least 4 members (excludes halogenated alkanes) is 1. The van der Waals surface area contributed by atoms with E-state index in [1.54, 1.807) is 0 Å². The molecule has 0 aliphatic rings. The van der Waals surface area contributed by atoms with E-state index >= 15 is 0 Å². The van der Waals surface area contributed by atoms with Crippen LogP contribution in [0.15, 0.2) is 54.6 Å². The van der Waals surface area contributed by atoms with E-state index in [-0.39, 0.29) is 0 Å². The summed E-state index contributed by atoms with van der Waals surface area (Å²) in [4.78, 5) is 4.60. The predicted molar refractivity (Wildman–Crippen MR) is 95.6 cm³/mol. The van der Waals surface area contributed by atoms with E-state index in [1.165, 1.54) is 12.1 Å². The molecular formula is C20H19F3N2. The average Bonchev–Trinajstić information content (AvgIpc) is 2.61. The molecule has 130 valence electrons. The van der Waals surface area contributed by atoms with Crippen LogP contribution < -0.4 is 5.32 Å². The average molecular weight is 344 g/mol. The molecule has 2 nitrogen and oxygen atoms in total. The molecular weight excluding hydrogens is 325 g/mol. The van der Waals surface area contributed by atoms with Crippen LogP contribution in [0.2, 0.25) is 0 Å². The topological polar surface area (TPSA) is 24.9 Å². The van der Waals surface area contributed by atoms with Gasteiger partial charge in [0, 0.05) is 23.2 Å². The lowest BCUT2D eigenvalue weighted by molar-refractivity contribution is -0.137. The summed E-state index contributed by atoms with van der Waals surface area (Å²) in [5, 5.41) is 4.42. The molecule has 25 heavy (non-hydrogen) atoms. The van der Waals surface area contributed by atoms with Crippen molar-refractivity contribution in [1.82, 2.24) is 4.98 Å². The summed E-state index contributed by atoms with van der Waals surface area (Å²) in [7, 11) is 0. The summed E-state index contributed by atoms with van der Waals surface area (Å²) in [6.07, 6.45) is -2.20. The standard InChI is InChI=1S/C20H19F3N2/c1-2-3-12-24-19-13-18(25-17-7-5-4-6-16(17)19)14-8-10-15(11-9-14)20(21,22)23/h4-11,13H,2-3,12H2,1H3,(H,24,25). The van der Waals surface area contributed by atoms with Crippen LogP contribution in [0.1, 0.15) is 25.3 Å². The molecule has 0 saturated heterocycles. The van der Waals surface area contributed by atoms with Gasteiger partial charge in [-0.1, -0.05) is 43.7 Å². The number of halogens is 3. The lowest BCUT2D eigenvalue weighted by Gasteiger charge is -2.12. The van der Waals surface area contributed by atoms with Gasteiger partial charge >= 0.3 is 6.18 Å². The van der Waals surface area contributed by atoms with Crippen molar-refractivity contribution in [1.29, 1.82) is 0 Å². The molecule has 0 bridgehead atoms. The molecule has 0 radical (unpaired) electrons. The first-order valence-corrected chi connectivity index (χ1v) is 8.30. The highest BCUT2D eigenvalue weighted by Crippen LogP contribution is 2.32. The number of para-hydroxylation sites is 1. The van der Waals surface area contributed by atoms with Crippen molar-refractivity contribution in [3.05, 3.63) is 60.2 Å². The zero-order valence-corrected chi connectivity index (χ0v) is 13.9. The van der Waals surface area contributed by atoms with Crippen molar-refractivity contribution in [2.75, 3.05) is 11.9 Å². The van der Waals surface area contributed by atoms with Gasteiger partial charge in [-0.2, -0.15) is 13.2 Å². The van der Waals surface area contributed by atoms with Crippen LogP contribution >= 0.6 is 0 Å². The van der Waals surface area contributed by atoms with Crippen LogP contribution in [0.5, 0.6) is 0 Å². The van der Waals surface area contributed by atoms with Crippen LogP contribution in [0, 0.1) is 0 Å². The molecule has 1 aromatic heterocycles. The number of anilines is 1. The van der Waals surface area contributed by atoms with Gasteiger partial charge in [-0.05, 0) is 30.7 Å². The first-order chi connectivity index (χ1) is 12.0.